The number of esters is 1. The largest absolute Gasteiger partial charge is 0.479 e. The van der Waals surface area contributed by atoms with Crippen molar-refractivity contribution in [3.63, 3.8) is 0 Å². The lowest BCUT2D eigenvalue weighted by atomic mass is 9.96. The van der Waals surface area contributed by atoms with E-state index >= 15 is 0 Å². The van der Waals surface area contributed by atoms with Gasteiger partial charge in [-0.1, -0.05) is 54.1 Å². The van der Waals surface area contributed by atoms with E-state index in [1.165, 1.54) is 11.1 Å². The second-order valence-corrected chi connectivity index (χ2v) is 9.96. The summed E-state index contributed by atoms with van der Waals surface area (Å²) >= 11 is 6.11. The number of carboxylic acids is 1. The molecule has 0 radical (unpaired) electrons. The molecular formula is C27H33ClN2O9. The number of aliphatic hydroxyl groups is 3. The van der Waals surface area contributed by atoms with Crippen molar-refractivity contribution in [2.24, 2.45) is 0 Å². The van der Waals surface area contributed by atoms with E-state index < -0.39 is 49.3 Å². The third-order valence-electron chi connectivity index (χ3n) is 6.91. The van der Waals surface area contributed by atoms with Crippen LogP contribution in [0, 0.1) is 0 Å². The number of ether oxygens (including phenoxy) is 3. The van der Waals surface area contributed by atoms with Crippen LogP contribution >= 0.6 is 11.6 Å². The van der Waals surface area contributed by atoms with Gasteiger partial charge in [0, 0.05) is 37.7 Å². The van der Waals surface area contributed by atoms with Crippen LogP contribution in [0.2, 0.25) is 5.02 Å². The van der Waals surface area contributed by atoms with Crippen molar-refractivity contribution in [3.05, 3.63) is 70.7 Å². The molecule has 212 valence electrons. The van der Waals surface area contributed by atoms with Crippen LogP contribution in [0.3, 0.4) is 0 Å². The normalized spacial score (nSPS) is 27.1. The zero-order valence-corrected chi connectivity index (χ0v) is 22.0. The van der Waals surface area contributed by atoms with Gasteiger partial charge < -0.3 is 34.6 Å². The van der Waals surface area contributed by atoms with Crippen LogP contribution in [-0.4, -0.2) is 119 Å². The Morgan fingerprint density at radius 2 is 1.56 bits per heavy atom. The number of aliphatic carboxylic acids is 1. The van der Waals surface area contributed by atoms with E-state index in [1.54, 1.807) is 0 Å². The van der Waals surface area contributed by atoms with Gasteiger partial charge in [-0.25, -0.2) is 9.59 Å². The van der Waals surface area contributed by atoms with Gasteiger partial charge in [-0.3, -0.25) is 9.80 Å². The first-order chi connectivity index (χ1) is 18.7. The summed E-state index contributed by atoms with van der Waals surface area (Å²) in [6, 6.07) is 18.4. The van der Waals surface area contributed by atoms with Crippen LogP contribution in [0.4, 0.5) is 0 Å². The maximum absolute atomic E-state index is 12.1. The van der Waals surface area contributed by atoms with Gasteiger partial charge in [-0.15, -0.1) is 0 Å². The molecule has 1 unspecified atom stereocenters. The van der Waals surface area contributed by atoms with Crippen LogP contribution in [0.15, 0.2) is 54.6 Å². The number of halogens is 1. The number of carbonyl (C=O) groups excluding carboxylic acids is 1. The van der Waals surface area contributed by atoms with Crippen LogP contribution in [0.1, 0.15) is 17.2 Å². The van der Waals surface area contributed by atoms with Crippen molar-refractivity contribution in [1.29, 1.82) is 0 Å². The lowest BCUT2D eigenvalue weighted by molar-refractivity contribution is -0.287. The van der Waals surface area contributed by atoms with Crippen molar-refractivity contribution in [1.82, 2.24) is 9.80 Å². The Labute approximate surface area is 231 Å². The number of nitrogens with zero attached hydrogens (tertiary/aromatic N) is 2. The SMILES string of the molecule is O=C(COCCN1CCN(C(c2ccccc2)c2ccc(Cl)cc2)CC1)O[C@@H]1O[C@H](C(=O)O)[C@@H](O)[C@H](O)[C@H]1O. The van der Waals surface area contributed by atoms with E-state index in [0.717, 1.165) is 26.2 Å². The van der Waals surface area contributed by atoms with Crippen molar-refractivity contribution in [2.45, 2.75) is 36.7 Å². The molecule has 0 saturated carbocycles. The van der Waals surface area contributed by atoms with E-state index in [2.05, 4.69) is 34.1 Å². The minimum absolute atomic E-state index is 0.106. The molecule has 2 aliphatic rings. The molecule has 0 bridgehead atoms. The predicted octanol–water partition coefficient (Wildman–Crippen LogP) is 0.499. The minimum atomic E-state index is -1.86. The zero-order chi connectivity index (χ0) is 27.9. The molecule has 2 fully saturated rings. The summed E-state index contributed by atoms with van der Waals surface area (Å²) in [5, 5.41) is 39.3. The number of carbonyl (C=O) groups is 2. The smallest absolute Gasteiger partial charge is 0.335 e. The molecule has 2 aromatic rings. The molecule has 0 aromatic heterocycles. The van der Waals surface area contributed by atoms with Gasteiger partial charge in [-0.05, 0) is 23.3 Å². The number of aliphatic hydroxyl groups excluding tert-OH is 3. The maximum Gasteiger partial charge on any atom is 0.335 e. The van der Waals surface area contributed by atoms with Gasteiger partial charge in [-0.2, -0.15) is 0 Å². The maximum atomic E-state index is 12.1. The Kier molecular flexibility index (Phi) is 10.3. The van der Waals surface area contributed by atoms with Gasteiger partial charge in [0.05, 0.1) is 12.6 Å². The third kappa shape index (κ3) is 7.53. The molecule has 2 saturated heterocycles. The Morgan fingerprint density at radius 3 is 2.21 bits per heavy atom. The van der Waals surface area contributed by atoms with E-state index in [9.17, 15) is 24.9 Å². The zero-order valence-electron chi connectivity index (χ0n) is 21.2. The Balaban J connectivity index is 1.21. The second kappa shape index (κ2) is 13.6. The molecule has 4 N–H and O–H groups in total. The molecule has 0 spiro atoms. The fourth-order valence-corrected chi connectivity index (χ4v) is 4.93. The molecule has 2 aromatic carbocycles. The molecule has 11 nitrogen and oxygen atoms in total. The highest BCUT2D eigenvalue weighted by Gasteiger charge is 2.48. The molecule has 4 rings (SSSR count). The summed E-state index contributed by atoms with van der Waals surface area (Å²) in [4.78, 5) is 28.0. The first kappa shape index (κ1) is 29.4. The standard InChI is InChI=1S/C27H33ClN2O9/c28-19-8-6-18(7-9-19)21(17-4-2-1-3-5-17)30-12-10-29(11-13-30)14-15-37-16-20(31)38-27-24(34)22(32)23(33)25(39-27)26(35)36/h1-9,21-25,27,32-34H,10-16H2,(H,35,36)/t21?,22-,23-,24+,25-,27+/m0/s1. The van der Waals surface area contributed by atoms with Gasteiger partial charge in [0.2, 0.25) is 6.29 Å². The summed E-state index contributed by atoms with van der Waals surface area (Å²) in [7, 11) is 0. The highest BCUT2D eigenvalue weighted by atomic mass is 35.5. The van der Waals surface area contributed by atoms with Gasteiger partial charge in [0.15, 0.2) is 6.10 Å². The quantitative estimate of drug-likeness (QED) is 0.236. The molecule has 39 heavy (non-hydrogen) atoms. The molecular weight excluding hydrogens is 532 g/mol. The number of hydrogen-bond acceptors (Lipinski definition) is 10. The van der Waals surface area contributed by atoms with Crippen molar-refractivity contribution < 1.29 is 44.2 Å². The number of benzene rings is 2. The third-order valence-corrected chi connectivity index (χ3v) is 7.16. The second-order valence-electron chi connectivity index (χ2n) is 9.52. The molecule has 0 aliphatic carbocycles. The van der Waals surface area contributed by atoms with E-state index in [1.807, 2.05) is 30.3 Å². The summed E-state index contributed by atoms with van der Waals surface area (Å²) in [5.74, 6) is -2.46. The van der Waals surface area contributed by atoms with Crippen molar-refractivity contribution in [3.8, 4) is 0 Å². The van der Waals surface area contributed by atoms with Crippen LogP contribution < -0.4 is 0 Å². The Hall–Kier alpha value is -2.61. The van der Waals surface area contributed by atoms with Crippen LogP contribution in [0.5, 0.6) is 0 Å². The van der Waals surface area contributed by atoms with Gasteiger partial charge in [0.25, 0.3) is 0 Å². The summed E-state index contributed by atoms with van der Waals surface area (Å²) in [6.07, 6.45) is -9.10. The molecule has 6 atom stereocenters. The topological polar surface area (TPSA) is 149 Å². The fraction of sp³-hybridized carbons (Fsp3) is 0.481. The summed E-state index contributed by atoms with van der Waals surface area (Å²) in [5.41, 5.74) is 2.38. The average Bonchev–Trinajstić information content (AvgIpc) is 2.94. The Morgan fingerprint density at radius 1 is 0.923 bits per heavy atom. The molecule has 2 heterocycles. The molecule has 2 aliphatic heterocycles. The molecule has 0 amide bonds. The van der Waals surface area contributed by atoms with E-state index in [-0.39, 0.29) is 12.6 Å². The fourth-order valence-electron chi connectivity index (χ4n) is 4.80. The molecule has 12 heteroatoms. The predicted molar refractivity (Wildman–Crippen MR) is 139 cm³/mol. The van der Waals surface area contributed by atoms with Gasteiger partial charge in [0.1, 0.15) is 24.9 Å². The number of hydrogen-bond donors (Lipinski definition) is 4. The summed E-state index contributed by atoms with van der Waals surface area (Å²) < 4.78 is 15.3. The van der Waals surface area contributed by atoms with E-state index in [4.69, 9.17) is 30.9 Å². The highest BCUT2D eigenvalue weighted by Crippen LogP contribution is 2.30. The van der Waals surface area contributed by atoms with Crippen molar-refractivity contribution >= 4 is 23.5 Å². The summed E-state index contributed by atoms with van der Waals surface area (Å²) in [6.45, 7) is 3.68. The van der Waals surface area contributed by atoms with E-state index in [0.29, 0.717) is 11.6 Å². The van der Waals surface area contributed by atoms with Crippen LogP contribution in [0.25, 0.3) is 0 Å². The van der Waals surface area contributed by atoms with Crippen molar-refractivity contribution in [2.75, 3.05) is 45.9 Å². The Bertz CT molecular complexity index is 1080. The minimum Gasteiger partial charge on any atom is -0.479 e. The highest BCUT2D eigenvalue weighted by molar-refractivity contribution is 6.30. The van der Waals surface area contributed by atoms with Gasteiger partial charge >= 0.3 is 11.9 Å². The number of rotatable bonds is 10. The first-order valence-corrected chi connectivity index (χ1v) is 13.1. The monoisotopic (exact) mass is 564 g/mol. The lowest BCUT2D eigenvalue weighted by Gasteiger charge is -2.39. The van der Waals surface area contributed by atoms with Crippen LogP contribution in [-0.2, 0) is 23.8 Å². The first-order valence-electron chi connectivity index (χ1n) is 12.7. The number of piperazine rings is 1. The number of carboxylic acid groups (broad SMARTS) is 1. The average molecular weight is 565 g/mol. The lowest BCUT2D eigenvalue weighted by Crippen LogP contribution is -2.60.